The molecule has 1 saturated heterocycles. The van der Waals surface area contributed by atoms with Crippen molar-refractivity contribution < 1.29 is 24.2 Å². The molecule has 1 fully saturated rings. The number of benzene rings is 1. The number of hydrogen-bond acceptors (Lipinski definition) is 4. The maximum Gasteiger partial charge on any atom is 0.323 e. The van der Waals surface area contributed by atoms with E-state index in [0.717, 1.165) is 12.0 Å². The third kappa shape index (κ3) is 5.98. The molecule has 2 amide bonds. The molecule has 0 aliphatic carbocycles. The Morgan fingerprint density at radius 1 is 1.19 bits per heavy atom. The van der Waals surface area contributed by atoms with Crippen molar-refractivity contribution in [3.63, 3.8) is 0 Å². The average Bonchev–Trinajstić information content (AvgIpc) is 2.86. The lowest BCUT2D eigenvalue weighted by atomic mass is 10.1. The molecule has 2 rings (SSSR count). The molecule has 1 unspecified atom stereocenters. The number of carbonyl (C=O) groups is 3. The molecule has 148 valence electrons. The highest BCUT2D eigenvalue weighted by atomic mass is 16.5. The summed E-state index contributed by atoms with van der Waals surface area (Å²) in [6, 6.07) is 5.57. The number of ether oxygens (including phenoxy) is 1. The molecule has 1 aliphatic rings. The van der Waals surface area contributed by atoms with Gasteiger partial charge in [-0.15, -0.1) is 0 Å². The first-order valence-corrected chi connectivity index (χ1v) is 9.24. The van der Waals surface area contributed by atoms with E-state index < -0.39 is 5.97 Å². The lowest BCUT2D eigenvalue weighted by Crippen LogP contribution is -2.43. The standard InChI is InChI=1S/C20H28N2O5/c1-14-6-7-18(11-15(14)2)27-13-19(24)21-9-4-5-17(8-10-21)22(16(3)23)12-20(25)26/h6-7,11,17H,4-5,8-10,12-13H2,1-3H3,(H,25,26). The summed E-state index contributed by atoms with van der Waals surface area (Å²) in [6.07, 6.45) is 1.99. The highest BCUT2D eigenvalue weighted by Gasteiger charge is 2.27. The van der Waals surface area contributed by atoms with Crippen molar-refractivity contribution in [3.8, 4) is 5.75 Å². The van der Waals surface area contributed by atoms with Crippen LogP contribution >= 0.6 is 0 Å². The van der Waals surface area contributed by atoms with Gasteiger partial charge < -0.3 is 19.6 Å². The van der Waals surface area contributed by atoms with Crippen molar-refractivity contribution in [2.75, 3.05) is 26.2 Å². The summed E-state index contributed by atoms with van der Waals surface area (Å²) in [5, 5.41) is 9.01. The second-order valence-electron chi connectivity index (χ2n) is 7.04. The van der Waals surface area contributed by atoms with E-state index in [1.807, 2.05) is 32.0 Å². The Kier molecular flexibility index (Phi) is 7.21. The van der Waals surface area contributed by atoms with Gasteiger partial charge in [0, 0.05) is 26.1 Å². The van der Waals surface area contributed by atoms with Crippen molar-refractivity contribution in [2.24, 2.45) is 0 Å². The van der Waals surface area contributed by atoms with Crippen molar-refractivity contribution in [1.82, 2.24) is 9.80 Å². The molecule has 1 atom stereocenters. The normalized spacial score (nSPS) is 17.1. The zero-order valence-corrected chi connectivity index (χ0v) is 16.2. The van der Waals surface area contributed by atoms with Crippen LogP contribution in [0.3, 0.4) is 0 Å². The number of carboxylic acids is 1. The van der Waals surface area contributed by atoms with Crippen LogP contribution in [-0.4, -0.2) is 65.0 Å². The van der Waals surface area contributed by atoms with Crippen LogP contribution in [0.15, 0.2) is 18.2 Å². The summed E-state index contributed by atoms with van der Waals surface area (Å²) in [4.78, 5) is 38.4. The van der Waals surface area contributed by atoms with Crippen molar-refractivity contribution in [3.05, 3.63) is 29.3 Å². The second kappa shape index (κ2) is 9.39. The van der Waals surface area contributed by atoms with Gasteiger partial charge in [0.15, 0.2) is 6.61 Å². The fourth-order valence-electron chi connectivity index (χ4n) is 3.32. The molecule has 0 aromatic heterocycles. The summed E-state index contributed by atoms with van der Waals surface area (Å²) in [5.41, 5.74) is 2.28. The molecule has 0 saturated carbocycles. The van der Waals surface area contributed by atoms with E-state index in [2.05, 4.69) is 0 Å². The zero-order chi connectivity index (χ0) is 20.0. The van der Waals surface area contributed by atoms with Crippen LogP contribution in [-0.2, 0) is 14.4 Å². The van der Waals surface area contributed by atoms with Gasteiger partial charge in [0.2, 0.25) is 5.91 Å². The Labute approximate surface area is 159 Å². The molecule has 0 spiro atoms. The first kappa shape index (κ1) is 20.7. The summed E-state index contributed by atoms with van der Waals surface area (Å²) in [5.74, 6) is -0.700. The first-order chi connectivity index (χ1) is 12.8. The van der Waals surface area contributed by atoms with Gasteiger partial charge in [0.1, 0.15) is 12.3 Å². The van der Waals surface area contributed by atoms with E-state index in [0.29, 0.717) is 31.7 Å². The minimum Gasteiger partial charge on any atom is -0.484 e. The topological polar surface area (TPSA) is 87.2 Å². The number of hydrogen-bond donors (Lipinski definition) is 1. The van der Waals surface area contributed by atoms with Crippen molar-refractivity contribution >= 4 is 17.8 Å². The fourth-order valence-corrected chi connectivity index (χ4v) is 3.32. The number of carbonyl (C=O) groups excluding carboxylic acids is 2. The van der Waals surface area contributed by atoms with E-state index in [-0.39, 0.29) is 31.0 Å². The van der Waals surface area contributed by atoms with Gasteiger partial charge in [-0.2, -0.15) is 0 Å². The van der Waals surface area contributed by atoms with Gasteiger partial charge in [-0.3, -0.25) is 14.4 Å². The molecule has 0 radical (unpaired) electrons. The maximum absolute atomic E-state index is 12.5. The summed E-state index contributed by atoms with van der Waals surface area (Å²) in [7, 11) is 0. The fraction of sp³-hybridized carbons (Fsp3) is 0.550. The number of amides is 2. The molecular weight excluding hydrogens is 348 g/mol. The molecule has 0 bridgehead atoms. The van der Waals surface area contributed by atoms with Gasteiger partial charge in [0.05, 0.1) is 0 Å². The Bertz CT molecular complexity index is 704. The summed E-state index contributed by atoms with van der Waals surface area (Å²) >= 11 is 0. The molecule has 7 nitrogen and oxygen atoms in total. The van der Waals surface area contributed by atoms with E-state index in [4.69, 9.17) is 9.84 Å². The minimum absolute atomic E-state index is 0.0291. The lowest BCUT2D eigenvalue weighted by Gasteiger charge is -2.28. The number of rotatable bonds is 6. The van der Waals surface area contributed by atoms with Crippen LogP contribution in [0.4, 0.5) is 0 Å². The third-order valence-electron chi connectivity index (χ3n) is 5.04. The third-order valence-corrected chi connectivity index (χ3v) is 5.04. The van der Waals surface area contributed by atoms with Crippen molar-refractivity contribution in [2.45, 2.75) is 46.1 Å². The molecule has 1 N–H and O–H groups in total. The molecule has 1 heterocycles. The monoisotopic (exact) mass is 376 g/mol. The Morgan fingerprint density at radius 3 is 2.56 bits per heavy atom. The summed E-state index contributed by atoms with van der Waals surface area (Å²) in [6.45, 7) is 6.15. The molecule has 7 heteroatoms. The van der Waals surface area contributed by atoms with E-state index in [9.17, 15) is 14.4 Å². The minimum atomic E-state index is -1.02. The SMILES string of the molecule is CC(=O)N(CC(=O)O)C1CCCN(C(=O)COc2ccc(C)c(C)c2)CC1. The van der Waals surface area contributed by atoms with Gasteiger partial charge in [0.25, 0.3) is 5.91 Å². The lowest BCUT2D eigenvalue weighted by molar-refractivity contribution is -0.145. The number of aryl methyl sites for hydroxylation is 2. The van der Waals surface area contributed by atoms with Gasteiger partial charge >= 0.3 is 5.97 Å². The highest BCUT2D eigenvalue weighted by molar-refractivity contribution is 5.80. The van der Waals surface area contributed by atoms with Gasteiger partial charge in [-0.1, -0.05) is 6.07 Å². The van der Waals surface area contributed by atoms with Crippen LogP contribution < -0.4 is 4.74 Å². The molecule has 27 heavy (non-hydrogen) atoms. The molecule has 1 aromatic rings. The number of likely N-dealkylation sites (tertiary alicyclic amines) is 1. The van der Waals surface area contributed by atoms with Gasteiger partial charge in [-0.25, -0.2) is 0 Å². The number of nitrogens with zero attached hydrogens (tertiary/aromatic N) is 2. The van der Waals surface area contributed by atoms with Crippen LogP contribution in [0.5, 0.6) is 5.75 Å². The smallest absolute Gasteiger partial charge is 0.323 e. The first-order valence-electron chi connectivity index (χ1n) is 9.24. The molecule has 1 aromatic carbocycles. The van der Waals surface area contributed by atoms with Crippen LogP contribution in [0.1, 0.15) is 37.3 Å². The Balaban J connectivity index is 1.90. The van der Waals surface area contributed by atoms with Crippen LogP contribution in [0.25, 0.3) is 0 Å². The van der Waals surface area contributed by atoms with E-state index in [1.165, 1.54) is 17.4 Å². The zero-order valence-electron chi connectivity index (χ0n) is 16.2. The molecule has 1 aliphatic heterocycles. The Morgan fingerprint density at radius 2 is 1.93 bits per heavy atom. The van der Waals surface area contributed by atoms with E-state index in [1.54, 1.807) is 4.90 Å². The predicted octanol–water partition coefficient (Wildman–Crippen LogP) is 2.00. The number of aliphatic carboxylic acids is 1. The highest BCUT2D eigenvalue weighted by Crippen LogP contribution is 2.19. The van der Waals surface area contributed by atoms with E-state index >= 15 is 0 Å². The average molecular weight is 376 g/mol. The second-order valence-corrected chi connectivity index (χ2v) is 7.04. The Hall–Kier alpha value is -2.57. The largest absolute Gasteiger partial charge is 0.484 e. The maximum atomic E-state index is 12.5. The predicted molar refractivity (Wildman–Crippen MR) is 101 cm³/mol. The quantitative estimate of drug-likeness (QED) is 0.820. The van der Waals surface area contributed by atoms with Crippen LogP contribution in [0.2, 0.25) is 0 Å². The number of carboxylic acid groups (broad SMARTS) is 1. The molecular formula is C20H28N2O5. The van der Waals surface area contributed by atoms with Crippen LogP contribution in [0, 0.1) is 13.8 Å². The van der Waals surface area contributed by atoms with Gasteiger partial charge in [-0.05, 0) is 56.4 Å². The van der Waals surface area contributed by atoms with Crippen molar-refractivity contribution in [1.29, 1.82) is 0 Å². The summed E-state index contributed by atoms with van der Waals surface area (Å²) < 4.78 is 5.63.